The van der Waals surface area contributed by atoms with Gasteiger partial charge in [-0.3, -0.25) is 9.78 Å². The summed E-state index contributed by atoms with van der Waals surface area (Å²) in [5, 5.41) is 25.0. The first-order chi connectivity index (χ1) is 16.9. The second-order valence-corrected chi connectivity index (χ2v) is 9.99. The van der Waals surface area contributed by atoms with Crippen LogP contribution in [-0.2, 0) is 16.6 Å². The van der Waals surface area contributed by atoms with Gasteiger partial charge in [-0.2, -0.15) is 0 Å². The molecule has 1 saturated carbocycles. The third-order valence-corrected chi connectivity index (χ3v) is 7.60. The van der Waals surface area contributed by atoms with E-state index in [4.69, 9.17) is 5.41 Å². The molecule has 0 bridgehead atoms. The monoisotopic (exact) mass is 493 g/mol. The highest BCUT2D eigenvalue weighted by Gasteiger charge is 2.41. The quantitative estimate of drug-likeness (QED) is 0.339. The van der Waals surface area contributed by atoms with Gasteiger partial charge >= 0.3 is 6.03 Å². The predicted molar refractivity (Wildman–Crippen MR) is 130 cm³/mol. The molecule has 35 heavy (non-hydrogen) atoms. The number of anilines is 1. The maximum atomic E-state index is 14.3. The van der Waals surface area contributed by atoms with Crippen molar-refractivity contribution in [1.29, 1.82) is 5.41 Å². The average Bonchev–Trinajstić information content (AvgIpc) is 3.48. The molecule has 1 atom stereocenters. The van der Waals surface area contributed by atoms with E-state index in [1.54, 1.807) is 12.3 Å². The minimum absolute atomic E-state index is 0.0488. The van der Waals surface area contributed by atoms with Crippen LogP contribution in [-0.4, -0.2) is 51.8 Å². The summed E-state index contributed by atoms with van der Waals surface area (Å²) in [4.78, 5) is 29.6. The van der Waals surface area contributed by atoms with E-state index in [0.717, 1.165) is 29.0 Å². The Morgan fingerprint density at radius 1 is 1.23 bits per heavy atom. The van der Waals surface area contributed by atoms with Crippen LogP contribution in [0, 0.1) is 11.2 Å². The summed E-state index contributed by atoms with van der Waals surface area (Å²) in [5.74, 6) is -0.0561. The Labute approximate surface area is 205 Å². The molecule has 0 spiro atoms. The predicted octanol–water partition coefficient (Wildman–Crippen LogP) is 3.09. The van der Waals surface area contributed by atoms with Gasteiger partial charge in [0.05, 0.1) is 16.3 Å². The molecule has 4 heterocycles. The van der Waals surface area contributed by atoms with Gasteiger partial charge in [-0.15, -0.1) is 21.5 Å². The van der Waals surface area contributed by atoms with Gasteiger partial charge in [0.1, 0.15) is 23.4 Å². The second kappa shape index (κ2) is 9.49. The van der Waals surface area contributed by atoms with Crippen LogP contribution < -0.4 is 16.0 Å². The molecule has 3 aromatic heterocycles. The van der Waals surface area contributed by atoms with E-state index in [1.807, 2.05) is 24.3 Å². The largest absolute Gasteiger partial charge is 0.368 e. The third kappa shape index (κ3) is 4.76. The van der Waals surface area contributed by atoms with Crippen molar-refractivity contribution < 1.29 is 14.0 Å². The van der Waals surface area contributed by atoms with Gasteiger partial charge in [-0.25, -0.2) is 9.18 Å². The maximum absolute atomic E-state index is 14.3. The first-order valence-corrected chi connectivity index (χ1v) is 12.2. The van der Waals surface area contributed by atoms with Gasteiger partial charge in [0.15, 0.2) is 0 Å². The van der Waals surface area contributed by atoms with Crippen molar-refractivity contribution in [3.8, 4) is 10.6 Å². The standard InChI is InChI=1S/C24H24FN7O2S/c25-15-3-1-10-27-22(15)24(8-2-9-24)13-29-20-7-5-17(31-32-20)19-6-4-14(35-19)11-16(26)21(33)18-12-28-23(34)30-18/h1,3-7,10,18,26H,2,8-9,11-13H2,(H,29,32)(H2,28,30,34)/t18-/m0/s1. The van der Waals surface area contributed by atoms with Crippen LogP contribution in [0.5, 0.6) is 0 Å². The Hall–Kier alpha value is -3.73. The van der Waals surface area contributed by atoms with E-state index in [0.29, 0.717) is 23.8 Å². The molecule has 9 nitrogen and oxygen atoms in total. The topological polar surface area (TPSA) is 133 Å². The van der Waals surface area contributed by atoms with Crippen molar-refractivity contribution in [3.63, 3.8) is 0 Å². The van der Waals surface area contributed by atoms with E-state index < -0.39 is 12.1 Å². The lowest BCUT2D eigenvalue weighted by Crippen LogP contribution is -2.42. The molecule has 4 N–H and O–H groups in total. The highest BCUT2D eigenvalue weighted by molar-refractivity contribution is 7.15. The highest BCUT2D eigenvalue weighted by Crippen LogP contribution is 2.43. The van der Waals surface area contributed by atoms with E-state index >= 15 is 0 Å². The van der Waals surface area contributed by atoms with Crippen LogP contribution >= 0.6 is 11.3 Å². The van der Waals surface area contributed by atoms with Gasteiger partial charge < -0.3 is 21.4 Å². The van der Waals surface area contributed by atoms with Crippen molar-refractivity contribution in [2.45, 2.75) is 37.1 Å². The van der Waals surface area contributed by atoms with Crippen molar-refractivity contribution in [3.05, 3.63) is 59.0 Å². The summed E-state index contributed by atoms with van der Waals surface area (Å²) in [6, 6.07) is 9.43. The number of hydrogen-bond donors (Lipinski definition) is 4. The molecule has 2 aliphatic rings. The van der Waals surface area contributed by atoms with E-state index in [1.165, 1.54) is 17.4 Å². The van der Waals surface area contributed by atoms with Crippen LogP contribution in [0.1, 0.15) is 29.8 Å². The summed E-state index contributed by atoms with van der Waals surface area (Å²) < 4.78 is 14.3. The molecule has 11 heteroatoms. The van der Waals surface area contributed by atoms with Crippen LogP contribution in [0.25, 0.3) is 10.6 Å². The van der Waals surface area contributed by atoms with E-state index in [2.05, 4.69) is 31.1 Å². The Morgan fingerprint density at radius 2 is 2.09 bits per heavy atom. The number of hydrogen-bond acceptors (Lipinski definition) is 8. The van der Waals surface area contributed by atoms with Gasteiger partial charge in [0.25, 0.3) is 0 Å². The Bertz CT molecular complexity index is 1270. The zero-order chi connectivity index (χ0) is 24.4. The minimum atomic E-state index is -0.686. The number of pyridine rings is 1. The van der Waals surface area contributed by atoms with Crippen molar-refractivity contribution in [2.24, 2.45) is 0 Å². The van der Waals surface area contributed by atoms with Gasteiger partial charge in [0, 0.05) is 36.0 Å². The number of halogens is 1. The van der Waals surface area contributed by atoms with Crippen LogP contribution in [0.2, 0.25) is 0 Å². The molecule has 2 amide bonds. The number of rotatable bonds is 9. The van der Waals surface area contributed by atoms with Crippen molar-refractivity contribution >= 4 is 34.7 Å². The highest BCUT2D eigenvalue weighted by atomic mass is 32.1. The first-order valence-electron chi connectivity index (χ1n) is 11.4. The van der Waals surface area contributed by atoms with Crippen LogP contribution in [0.4, 0.5) is 15.0 Å². The lowest BCUT2D eigenvalue weighted by molar-refractivity contribution is -0.114. The number of aromatic nitrogens is 3. The Kier molecular flexibility index (Phi) is 6.25. The first kappa shape index (κ1) is 23.0. The van der Waals surface area contributed by atoms with Gasteiger partial charge in [-0.05, 0) is 49.2 Å². The molecule has 1 aliphatic carbocycles. The number of thiophene rings is 1. The van der Waals surface area contributed by atoms with E-state index in [9.17, 15) is 14.0 Å². The number of carbonyl (C=O) groups excluding carboxylic acids is 2. The van der Waals surface area contributed by atoms with Gasteiger partial charge in [-0.1, -0.05) is 6.42 Å². The number of nitrogens with zero attached hydrogens (tertiary/aromatic N) is 3. The normalized spacial score (nSPS) is 18.3. The van der Waals surface area contributed by atoms with E-state index in [-0.39, 0.29) is 35.7 Å². The number of amides is 2. The zero-order valence-corrected chi connectivity index (χ0v) is 19.6. The number of carbonyl (C=O) groups is 2. The van der Waals surface area contributed by atoms with Crippen molar-refractivity contribution in [1.82, 2.24) is 25.8 Å². The molecule has 1 aliphatic heterocycles. The molecule has 180 valence electrons. The minimum Gasteiger partial charge on any atom is -0.368 e. The molecular weight excluding hydrogens is 469 g/mol. The summed E-state index contributed by atoms with van der Waals surface area (Å²) in [5.41, 5.74) is 0.816. The lowest BCUT2D eigenvalue weighted by Gasteiger charge is -2.41. The van der Waals surface area contributed by atoms with Gasteiger partial charge in [0.2, 0.25) is 5.78 Å². The molecule has 0 aromatic carbocycles. The Morgan fingerprint density at radius 3 is 2.74 bits per heavy atom. The fourth-order valence-electron chi connectivity index (χ4n) is 4.39. The fraction of sp³-hybridized carbons (Fsp3) is 0.333. The fourth-order valence-corrected chi connectivity index (χ4v) is 5.37. The van der Waals surface area contributed by atoms with Crippen molar-refractivity contribution in [2.75, 3.05) is 18.4 Å². The number of Topliss-reactive ketones (excluding diaryl/α,β-unsaturated/α-hetero) is 1. The zero-order valence-electron chi connectivity index (χ0n) is 18.8. The molecule has 2 fully saturated rings. The molecular formula is C24H24FN7O2S. The Balaban J connectivity index is 1.20. The van der Waals surface area contributed by atoms with Crippen LogP contribution in [0.15, 0.2) is 42.6 Å². The number of nitrogens with one attached hydrogen (secondary N) is 4. The lowest BCUT2D eigenvalue weighted by atomic mass is 9.66. The molecule has 5 rings (SSSR count). The van der Waals surface area contributed by atoms with Crippen LogP contribution in [0.3, 0.4) is 0 Å². The second-order valence-electron chi connectivity index (χ2n) is 8.82. The average molecular weight is 494 g/mol. The molecule has 0 radical (unpaired) electrons. The summed E-state index contributed by atoms with van der Waals surface area (Å²) in [6.07, 6.45) is 4.61. The maximum Gasteiger partial charge on any atom is 0.315 e. The summed E-state index contributed by atoms with van der Waals surface area (Å²) in [7, 11) is 0. The third-order valence-electron chi connectivity index (χ3n) is 6.50. The smallest absolute Gasteiger partial charge is 0.315 e. The SMILES string of the molecule is N=C(Cc1ccc(-c2ccc(NCC3(c4ncccc4F)CCC3)nn2)s1)C(=O)[C@@H]1CNC(=O)N1. The number of urea groups is 1. The number of ketones is 1. The summed E-state index contributed by atoms with van der Waals surface area (Å²) >= 11 is 1.44. The molecule has 3 aromatic rings. The molecule has 0 unspecified atom stereocenters. The molecule has 1 saturated heterocycles. The summed E-state index contributed by atoms with van der Waals surface area (Å²) in [6.45, 7) is 0.731.